The Morgan fingerprint density at radius 1 is 1.13 bits per heavy atom. The fourth-order valence-electron chi connectivity index (χ4n) is 5.27. The highest BCUT2D eigenvalue weighted by atomic mass is 16.5. The normalized spacial score (nSPS) is 19.1. The molecule has 3 N–H and O–H groups in total. The zero-order chi connectivity index (χ0) is 26.7. The molecule has 1 aromatic carbocycles. The molecule has 2 aromatic rings. The number of hydrogen-bond donors (Lipinski definition) is 3. The standard InChI is InChI=1S/C30H42N4O4/c1-22-20-24(21-22)29(35)33-27(30(36)37)14-17-34(18-19-38-26-10-3-2-4-11-26)16-6-5-9-25-13-12-23-8-7-15-31-28(23)32-25/h2-4,10-13,22,24,27H,5-9,14-21H2,1H3,(H,31,32)(H,33,35)(H,36,37)/t22?,24?,27-/m0/s1. The number of anilines is 1. The van der Waals surface area contributed by atoms with Crippen molar-refractivity contribution in [2.24, 2.45) is 11.8 Å². The van der Waals surface area contributed by atoms with Crippen LogP contribution in [-0.4, -0.2) is 65.7 Å². The van der Waals surface area contributed by atoms with Gasteiger partial charge in [0.2, 0.25) is 5.91 Å². The molecule has 206 valence electrons. The molecule has 1 aromatic heterocycles. The van der Waals surface area contributed by atoms with E-state index in [0.29, 0.717) is 32.0 Å². The van der Waals surface area contributed by atoms with Gasteiger partial charge >= 0.3 is 5.97 Å². The lowest BCUT2D eigenvalue weighted by atomic mass is 9.75. The van der Waals surface area contributed by atoms with E-state index in [1.165, 1.54) is 5.56 Å². The second-order valence-electron chi connectivity index (χ2n) is 10.8. The summed E-state index contributed by atoms with van der Waals surface area (Å²) in [5.41, 5.74) is 2.41. The minimum atomic E-state index is -0.974. The number of aromatic nitrogens is 1. The van der Waals surface area contributed by atoms with Gasteiger partial charge in [0.25, 0.3) is 0 Å². The number of carboxylic acids is 1. The molecule has 0 saturated heterocycles. The average molecular weight is 523 g/mol. The minimum absolute atomic E-state index is 0.0466. The Balaban J connectivity index is 1.26. The van der Waals surface area contributed by atoms with Crippen LogP contribution in [0.25, 0.3) is 0 Å². The zero-order valence-electron chi connectivity index (χ0n) is 22.5. The first kappa shape index (κ1) is 27.9. The van der Waals surface area contributed by atoms with Crippen LogP contribution in [0.1, 0.15) is 56.7 Å². The summed E-state index contributed by atoms with van der Waals surface area (Å²) >= 11 is 0. The van der Waals surface area contributed by atoms with Gasteiger partial charge in [-0.05, 0) is 87.6 Å². The fourth-order valence-corrected chi connectivity index (χ4v) is 5.27. The largest absolute Gasteiger partial charge is 0.492 e. The highest BCUT2D eigenvalue weighted by Crippen LogP contribution is 2.33. The van der Waals surface area contributed by atoms with Crippen molar-refractivity contribution < 1.29 is 19.4 Å². The van der Waals surface area contributed by atoms with Gasteiger partial charge in [-0.3, -0.25) is 9.69 Å². The Kier molecular flexibility index (Phi) is 10.4. The van der Waals surface area contributed by atoms with Crippen molar-refractivity contribution in [1.82, 2.24) is 15.2 Å². The third-order valence-corrected chi connectivity index (χ3v) is 7.62. The first-order valence-electron chi connectivity index (χ1n) is 14.1. The van der Waals surface area contributed by atoms with Crippen LogP contribution < -0.4 is 15.4 Å². The van der Waals surface area contributed by atoms with Gasteiger partial charge < -0.3 is 20.5 Å². The smallest absolute Gasteiger partial charge is 0.326 e. The molecular weight excluding hydrogens is 480 g/mol. The summed E-state index contributed by atoms with van der Waals surface area (Å²) in [6.45, 7) is 5.73. The molecule has 0 bridgehead atoms. The molecule has 4 rings (SSSR count). The molecule has 2 heterocycles. The predicted molar refractivity (Wildman–Crippen MR) is 148 cm³/mol. The van der Waals surface area contributed by atoms with Crippen molar-refractivity contribution in [1.29, 1.82) is 0 Å². The van der Waals surface area contributed by atoms with Crippen molar-refractivity contribution in [2.75, 3.05) is 38.1 Å². The summed E-state index contributed by atoms with van der Waals surface area (Å²) in [7, 11) is 0. The monoisotopic (exact) mass is 522 g/mol. The summed E-state index contributed by atoms with van der Waals surface area (Å²) in [6, 6.07) is 13.2. The second kappa shape index (κ2) is 14.1. The van der Waals surface area contributed by atoms with E-state index in [1.54, 1.807) is 0 Å². The number of fused-ring (bicyclic) bond motifs is 1. The molecule has 1 saturated carbocycles. The third-order valence-electron chi connectivity index (χ3n) is 7.62. The molecule has 2 aliphatic rings. The Morgan fingerprint density at radius 2 is 1.95 bits per heavy atom. The van der Waals surface area contributed by atoms with Crippen LogP contribution in [-0.2, 0) is 22.4 Å². The topological polar surface area (TPSA) is 104 Å². The maximum Gasteiger partial charge on any atom is 0.326 e. The summed E-state index contributed by atoms with van der Waals surface area (Å²) in [5.74, 6) is 1.26. The number of hydrogen-bond acceptors (Lipinski definition) is 6. The molecule has 8 nitrogen and oxygen atoms in total. The number of ether oxygens (including phenoxy) is 1. The van der Waals surface area contributed by atoms with E-state index in [4.69, 9.17) is 9.72 Å². The molecule has 0 unspecified atom stereocenters. The molecule has 1 aliphatic heterocycles. The number of unbranched alkanes of at least 4 members (excludes halogenated alkanes) is 1. The van der Waals surface area contributed by atoms with Gasteiger partial charge in [-0.15, -0.1) is 0 Å². The van der Waals surface area contributed by atoms with Gasteiger partial charge in [0.1, 0.15) is 24.2 Å². The molecule has 0 spiro atoms. The fraction of sp³-hybridized carbons (Fsp3) is 0.567. The van der Waals surface area contributed by atoms with E-state index in [9.17, 15) is 14.7 Å². The minimum Gasteiger partial charge on any atom is -0.492 e. The van der Waals surface area contributed by atoms with Gasteiger partial charge in [-0.2, -0.15) is 0 Å². The number of amides is 1. The number of carboxylic acid groups (broad SMARTS) is 1. The lowest BCUT2D eigenvalue weighted by molar-refractivity contribution is -0.143. The van der Waals surface area contributed by atoms with Crippen LogP contribution in [0.15, 0.2) is 42.5 Å². The van der Waals surface area contributed by atoms with Crippen LogP contribution in [0.2, 0.25) is 0 Å². The molecule has 0 radical (unpaired) electrons. The van der Waals surface area contributed by atoms with Crippen LogP contribution in [0.3, 0.4) is 0 Å². The molecular formula is C30H42N4O4. The number of nitrogens with zero attached hydrogens (tertiary/aromatic N) is 2. The first-order chi connectivity index (χ1) is 18.5. The van der Waals surface area contributed by atoms with Gasteiger partial charge in [-0.1, -0.05) is 31.2 Å². The summed E-state index contributed by atoms with van der Waals surface area (Å²) in [4.78, 5) is 31.4. The van der Waals surface area contributed by atoms with E-state index < -0.39 is 12.0 Å². The highest BCUT2D eigenvalue weighted by Gasteiger charge is 2.33. The zero-order valence-corrected chi connectivity index (χ0v) is 22.5. The van der Waals surface area contributed by atoms with Crippen LogP contribution in [0.4, 0.5) is 5.82 Å². The van der Waals surface area contributed by atoms with Crippen molar-refractivity contribution >= 4 is 17.7 Å². The Bertz CT molecular complexity index is 1040. The molecule has 1 aliphatic carbocycles. The number of benzene rings is 1. The van der Waals surface area contributed by atoms with Crippen LogP contribution in [0.5, 0.6) is 5.75 Å². The number of carbonyl (C=O) groups is 2. The van der Waals surface area contributed by atoms with Crippen molar-refractivity contribution in [3.8, 4) is 5.75 Å². The molecule has 1 amide bonds. The summed E-state index contributed by atoms with van der Waals surface area (Å²) in [5, 5.41) is 15.9. The number of aliphatic carboxylic acids is 1. The Labute approximate surface area is 226 Å². The van der Waals surface area contributed by atoms with Gasteiger partial charge in [0.05, 0.1) is 0 Å². The summed E-state index contributed by atoms with van der Waals surface area (Å²) < 4.78 is 5.90. The van der Waals surface area contributed by atoms with E-state index >= 15 is 0 Å². The second-order valence-corrected chi connectivity index (χ2v) is 10.8. The van der Waals surface area contributed by atoms with Gasteiger partial charge in [-0.25, -0.2) is 9.78 Å². The number of carbonyl (C=O) groups excluding carboxylic acids is 1. The van der Waals surface area contributed by atoms with Crippen molar-refractivity contribution in [2.45, 2.75) is 64.3 Å². The number of rotatable bonds is 15. The lowest BCUT2D eigenvalue weighted by Crippen LogP contribution is -2.48. The Hall–Kier alpha value is -3.13. The average Bonchev–Trinajstić information content (AvgIpc) is 2.91. The quantitative estimate of drug-likeness (QED) is 0.302. The lowest BCUT2D eigenvalue weighted by Gasteiger charge is -2.32. The van der Waals surface area contributed by atoms with E-state index in [-0.39, 0.29) is 11.8 Å². The van der Waals surface area contributed by atoms with Gasteiger partial charge in [0, 0.05) is 31.2 Å². The SMILES string of the molecule is CC1CC(C(=O)N[C@@H](CCN(CCCCc2ccc3c(n2)NCCC3)CCOc2ccccc2)C(=O)O)C1. The number of nitrogens with one attached hydrogen (secondary N) is 2. The maximum absolute atomic E-state index is 12.5. The third kappa shape index (κ3) is 8.45. The summed E-state index contributed by atoms with van der Waals surface area (Å²) in [6.07, 6.45) is 7.19. The van der Waals surface area contributed by atoms with Crippen molar-refractivity contribution in [3.05, 3.63) is 53.7 Å². The molecule has 1 atom stereocenters. The molecule has 1 fully saturated rings. The molecule has 38 heavy (non-hydrogen) atoms. The van der Waals surface area contributed by atoms with Gasteiger partial charge in [0.15, 0.2) is 0 Å². The van der Waals surface area contributed by atoms with E-state index in [0.717, 1.165) is 75.3 Å². The maximum atomic E-state index is 12.5. The van der Waals surface area contributed by atoms with Crippen molar-refractivity contribution in [3.63, 3.8) is 0 Å². The number of aryl methyl sites for hydroxylation is 2. The Morgan fingerprint density at radius 3 is 2.71 bits per heavy atom. The van der Waals surface area contributed by atoms with E-state index in [1.807, 2.05) is 30.3 Å². The number of para-hydroxylation sites is 1. The first-order valence-corrected chi connectivity index (χ1v) is 14.1. The highest BCUT2D eigenvalue weighted by molar-refractivity contribution is 5.85. The van der Waals surface area contributed by atoms with E-state index in [2.05, 4.69) is 34.6 Å². The predicted octanol–water partition coefficient (Wildman–Crippen LogP) is 4.15. The van der Waals surface area contributed by atoms with Crippen LogP contribution in [0, 0.1) is 11.8 Å². The molecule has 8 heteroatoms. The number of pyridine rings is 1. The van der Waals surface area contributed by atoms with Crippen LogP contribution >= 0.6 is 0 Å².